The summed E-state index contributed by atoms with van der Waals surface area (Å²) in [6.45, 7) is 2.24. The first-order valence-electron chi connectivity index (χ1n) is 6.64. The Morgan fingerprint density at radius 1 is 1.32 bits per heavy atom. The summed E-state index contributed by atoms with van der Waals surface area (Å²) < 4.78 is 2.09. The summed E-state index contributed by atoms with van der Waals surface area (Å²) in [5.41, 5.74) is 7.24. The topological polar surface area (TPSA) is 56.7 Å². The molecule has 100 valence electrons. The number of rotatable bonds is 5. The molecule has 3 rings (SSSR count). The summed E-state index contributed by atoms with van der Waals surface area (Å²) in [5, 5.41) is 9.15. The van der Waals surface area contributed by atoms with Crippen molar-refractivity contribution in [1.82, 2.24) is 14.8 Å². The van der Waals surface area contributed by atoms with Gasteiger partial charge in [0.25, 0.3) is 0 Å². The lowest BCUT2D eigenvalue weighted by molar-refractivity contribution is 0.670. The molecule has 1 atom stereocenters. The Morgan fingerprint density at radius 3 is 2.74 bits per heavy atom. The highest BCUT2D eigenvalue weighted by Crippen LogP contribution is 2.39. The van der Waals surface area contributed by atoms with Crippen molar-refractivity contribution in [2.75, 3.05) is 11.5 Å². The maximum atomic E-state index is 5.88. The van der Waals surface area contributed by atoms with Gasteiger partial charge in [-0.05, 0) is 24.3 Å². The fourth-order valence-corrected chi connectivity index (χ4v) is 3.21. The van der Waals surface area contributed by atoms with E-state index in [0.29, 0.717) is 17.9 Å². The third-order valence-corrected chi connectivity index (χ3v) is 4.64. The van der Waals surface area contributed by atoms with E-state index in [1.807, 2.05) is 6.07 Å². The standard InChI is InChI=1S/C14H18N4S/c1-10(11-5-3-2-4-6-11)9-19-14-17-16-13(15)18(14)12-7-8-12/h2-6,10,12H,7-9H2,1H3,(H2,15,16)/t10-/m1/s1. The molecule has 0 spiro atoms. The quantitative estimate of drug-likeness (QED) is 0.851. The number of nitrogen functional groups attached to an aromatic ring is 1. The lowest BCUT2D eigenvalue weighted by Gasteiger charge is -2.11. The van der Waals surface area contributed by atoms with Crippen molar-refractivity contribution in [3.05, 3.63) is 35.9 Å². The number of nitrogens with two attached hydrogens (primary N) is 1. The van der Waals surface area contributed by atoms with E-state index >= 15 is 0 Å². The predicted molar refractivity (Wildman–Crippen MR) is 78.3 cm³/mol. The minimum absolute atomic E-state index is 0.497. The van der Waals surface area contributed by atoms with Crippen molar-refractivity contribution in [2.45, 2.75) is 36.9 Å². The Bertz CT molecular complexity index is 548. The predicted octanol–water partition coefficient (Wildman–Crippen LogP) is 3.09. The fourth-order valence-electron chi connectivity index (χ4n) is 2.14. The molecule has 1 aromatic carbocycles. The molecule has 0 aliphatic heterocycles. The van der Waals surface area contributed by atoms with E-state index in [9.17, 15) is 0 Å². The molecule has 1 aromatic heterocycles. The van der Waals surface area contributed by atoms with Crippen LogP contribution in [0.3, 0.4) is 0 Å². The van der Waals surface area contributed by atoms with Crippen molar-refractivity contribution in [3.8, 4) is 0 Å². The molecule has 0 bridgehead atoms. The number of hydrogen-bond donors (Lipinski definition) is 1. The van der Waals surface area contributed by atoms with Gasteiger partial charge in [-0.2, -0.15) is 0 Å². The van der Waals surface area contributed by atoms with E-state index in [1.54, 1.807) is 11.8 Å². The SMILES string of the molecule is C[C@H](CSc1nnc(N)n1C1CC1)c1ccccc1. The van der Waals surface area contributed by atoms with Gasteiger partial charge in [-0.3, -0.25) is 4.57 Å². The number of anilines is 1. The van der Waals surface area contributed by atoms with Crippen molar-refractivity contribution < 1.29 is 0 Å². The van der Waals surface area contributed by atoms with E-state index in [1.165, 1.54) is 18.4 Å². The van der Waals surface area contributed by atoms with E-state index in [0.717, 1.165) is 10.9 Å². The van der Waals surface area contributed by atoms with Crippen LogP contribution in [0, 0.1) is 0 Å². The summed E-state index contributed by atoms with van der Waals surface area (Å²) in [6, 6.07) is 11.1. The minimum Gasteiger partial charge on any atom is -0.368 e. The number of hydrogen-bond acceptors (Lipinski definition) is 4. The van der Waals surface area contributed by atoms with E-state index in [4.69, 9.17) is 5.73 Å². The summed E-state index contributed by atoms with van der Waals surface area (Å²) in [7, 11) is 0. The van der Waals surface area contributed by atoms with Gasteiger partial charge in [0.15, 0.2) is 5.16 Å². The molecule has 1 saturated carbocycles. The van der Waals surface area contributed by atoms with E-state index < -0.39 is 0 Å². The molecular weight excluding hydrogens is 256 g/mol. The van der Waals surface area contributed by atoms with Crippen LogP contribution in [-0.2, 0) is 0 Å². The molecule has 1 fully saturated rings. The molecule has 0 amide bonds. The molecule has 0 saturated heterocycles. The largest absolute Gasteiger partial charge is 0.368 e. The molecule has 0 unspecified atom stereocenters. The van der Waals surface area contributed by atoms with Gasteiger partial charge in [0.1, 0.15) is 0 Å². The maximum Gasteiger partial charge on any atom is 0.222 e. The van der Waals surface area contributed by atoms with Gasteiger partial charge in [0.05, 0.1) is 0 Å². The summed E-state index contributed by atoms with van der Waals surface area (Å²) in [6.07, 6.45) is 2.40. The average molecular weight is 274 g/mol. The van der Waals surface area contributed by atoms with Gasteiger partial charge in [0, 0.05) is 11.8 Å². The molecule has 0 radical (unpaired) electrons. The maximum absolute atomic E-state index is 5.88. The monoisotopic (exact) mass is 274 g/mol. The Morgan fingerprint density at radius 2 is 2.05 bits per heavy atom. The summed E-state index contributed by atoms with van der Waals surface area (Å²) in [5.74, 6) is 2.05. The third kappa shape index (κ3) is 2.76. The van der Waals surface area contributed by atoms with Crippen LogP contribution in [0.2, 0.25) is 0 Å². The van der Waals surface area contributed by atoms with Gasteiger partial charge in [-0.15, -0.1) is 10.2 Å². The number of nitrogens with zero attached hydrogens (tertiary/aromatic N) is 3. The van der Waals surface area contributed by atoms with Gasteiger partial charge in [0.2, 0.25) is 5.95 Å². The van der Waals surface area contributed by atoms with Gasteiger partial charge >= 0.3 is 0 Å². The Balaban J connectivity index is 1.66. The molecule has 2 N–H and O–H groups in total. The van der Waals surface area contributed by atoms with Crippen LogP contribution in [0.15, 0.2) is 35.5 Å². The van der Waals surface area contributed by atoms with E-state index in [-0.39, 0.29) is 0 Å². The summed E-state index contributed by atoms with van der Waals surface area (Å²) in [4.78, 5) is 0. The second-order valence-corrected chi connectivity index (χ2v) is 6.05. The highest BCUT2D eigenvalue weighted by Gasteiger charge is 2.28. The number of thioether (sulfide) groups is 1. The Kier molecular flexibility index (Phi) is 3.46. The molecule has 1 aliphatic carbocycles. The van der Waals surface area contributed by atoms with Gasteiger partial charge in [-0.1, -0.05) is 49.0 Å². The number of benzene rings is 1. The molecule has 19 heavy (non-hydrogen) atoms. The lowest BCUT2D eigenvalue weighted by Crippen LogP contribution is -2.03. The van der Waals surface area contributed by atoms with Crippen LogP contribution in [0.1, 0.15) is 37.3 Å². The van der Waals surface area contributed by atoms with Crippen LogP contribution in [0.4, 0.5) is 5.95 Å². The average Bonchev–Trinajstić information content (AvgIpc) is 3.21. The van der Waals surface area contributed by atoms with Crippen LogP contribution < -0.4 is 5.73 Å². The smallest absolute Gasteiger partial charge is 0.222 e. The first-order chi connectivity index (χ1) is 9.25. The zero-order valence-electron chi connectivity index (χ0n) is 11.0. The van der Waals surface area contributed by atoms with Gasteiger partial charge in [-0.25, -0.2) is 0 Å². The van der Waals surface area contributed by atoms with Crippen LogP contribution in [0.5, 0.6) is 0 Å². The Labute approximate surface area is 117 Å². The first kappa shape index (κ1) is 12.5. The minimum atomic E-state index is 0.497. The molecule has 1 heterocycles. The molecule has 4 nitrogen and oxygen atoms in total. The van der Waals surface area contributed by atoms with Gasteiger partial charge < -0.3 is 5.73 Å². The highest BCUT2D eigenvalue weighted by atomic mass is 32.2. The van der Waals surface area contributed by atoms with Crippen LogP contribution in [0.25, 0.3) is 0 Å². The summed E-state index contributed by atoms with van der Waals surface area (Å²) >= 11 is 1.75. The van der Waals surface area contributed by atoms with E-state index in [2.05, 4.69) is 46.0 Å². The highest BCUT2D eigenvalue weighted by molar-refractivity contribution is 7.99. The molecular formula is C14H18N4S. The van der Waals surface area contributed by atoms with Crippen molar-refractivity contribution in [3.63, 3.8) is 0 Å². The second kappa shape index (κ2) is 5.25. The van der Waals surface area contributed by atoms with Crippen molar-refractivity contribution in [2.24, 2.45) is 0 Å². The lowest BCUT2D eigenvalue weighted by atomic mass is 10.0. The normalized spacial score (nSPS) is 16.5. The molecule has 5 heteroatoms. The fraction of sp³-hybridized carbons (Fsp3) is 0.429. The Hall–Kier alpha value is -1.49. The zero-order chi connectivity index (χ0) is 13.2. The molecule has 2 aromatic rings. The molecule has 1 aliphatic rings. The second-order valence-electron chi connectivity index (χ2n) is 5.06. The van der Waals surface area contributed by atoms with Crippen LogP contribution >= 0.6 is 11.8 Å². The first-order valence-corrected chi connectivity index (χ1v) is 7.62. The van der Waals surface area contributed by atoms with Crippen LogP contribution in [-0.4, -0.2) is 20.5 Å². The third-order valence-electron chi connectivity index (χ3n) is 3.43. The van der Waals surface area contributed by atoms with Crippen molar-refractivity contribution >= 4 is 17.7 Å². The zero-order valence-corrected chi connectivity index (χ0v) is 11.8. The number of aromatic nitrogens is 3. The van der Waals surface area contributed by atoms with Crippen molar-refractivity contribution in [1.29, 1.82) is 0 Å².